The van der Waals surface area contributed by atoms with Crippen LogP contribution in [0.25, 0.3) is 0 Å². The van der Waals surface area contributed by atoms with Gasteiger partial charge in [0.25, 0.3) is 0 Å². The molecule has 0 spiro atoms. The molecule has 0 radical (unpaired) electrons. The highest BCUT2D eigenvalue weighted by Gasteiger charge is 2.35. The molecule has 6 nitrogen and oxygen atoms in total. The second-order valence-electron chi connectivity index (χ2n) is 5.89. The van der Waals surface area contributed by atoms with Crippen LogP contribution in [-0.2, 0) is 16.6 Å². The molecule has 0 amide bonds. The molecule has 0 bridgehead atoms. The summed E-state index contributed by atoms with van der Waals surface area (Å²) in [5.74, 6) is -0.309. The van der Waals surface area contributed by atoms with Crippen molar-refractivity contribution in [2.45, 2.75) is 12.6 Å². The van der Waals surface area contributed by atoms with E-state index in [4.69, 9.17) is 5.26 Å². The minimum absolute atomic E-state index is 0.0367. The molecule has 1 aliphatic rings. The molecule has 1 heterocycles. The van der Waals surface area contributed by atoms with E-state index >= 15 is 0 Å². The van der Waals surface area contributed by atoms with Crippen LogP contribution in [0.15, 0.2) is 24.3 Å². The van der Waals surface area contributed by atoms with Crippen LogP contribution in [-0.4, -0.2) is 61.8 Å². The number of aliphatic hydroxyl groups is 1. The first-order valence-corrected chi connectivity index (χ1v) is 8.72. The highest BCUT2D eigenvalue weighted by atomic mass is 32.2. The molecule has 1 saturated heterocycles. The summed E-state index contributed by atoms with van der Waals surface area (Å²) in [6, 6.07) is 9.36. The lowest BCUT2D eigenvalue weighted by atomic mass is 10.1. The summed E-state index contributed by atoms with van der Waals surface area (Å²) in [4.78, 5) is 2.04. The zero-order valence-electron chi connectivity index (χ0n) is 12.8. The quantitative estimate of drug-likeness (QED) is 0.839. The second kappa shape index (κ2) is 6.75. The minimum Gasteiger partial charge on any atom is -0.391 e. The van der Waals surface area contributed by atoms with Gasteiger partial charge in [-0.2, -0.15) is 5.26 Å². The van der Waals surface area contributed by atoms with Crippen molar-refractivity contribution < 1.29 is 13.5 Å². The predicted molar refractivity (Wildman–Crippen MR) is 83.4 cm³/mol. The lowest BCUT2D eigenvalue weighted by Gasteiger charge is -2.18. The van der Waals surface area contributed by atoms with Crippen LogP contribution >= 0.6 is 0 Å². The lowest BCUT2D eigenvalue weighted by Crippen LogP contribution is -2.33. The summed E-state index contributed by atoms with van der Waals surface area (Å²) in [6.45, 7) is 1.66. The number of β-amino-alcohol motifs (C(OH)–C–C–N with tert-alkyl or cyclic N) is 1. The molecule has 0 aromatic heterocycles. The molecule has 1 fully saturated rings. The number of hydrogen-bond acceptors (Lipinski definition) is 5. The highest BCUT2D eigenvalue weighted by Crippen LogP contribution is 2.21. The maximum absolute atomic E-state index is 11.9. The van der Waals surface area contributed by atoms with Crippen LogP contribution in [0.3, 0.4) is 0 Å². The van der Waals surface area contributed by atoms with Gasteiger partial charge in [-0.15, -0.1) is 0 Å². The Labute approximate surface area is 131 Å². The van der Waals surface area contributed by atoms with Gasteiger partial charge in [-0.25, -0.2) is 12.7 Å². The van der Waals surface area contributed by atoms with E-state index in [-0.39, 0.29) is 11.7 Å². The fourth-order valence-corrected chi connectivity index (χ4v) is 3.76. The van der Waals surface area contributed by atoms with E-state index in [1.807, 2.05) is 17.0 Å². The molecule has 0 aliphatic carbocycles. The first-order chi connectivity index (χ1) is 10.3. The fraction of sp³-hybridized carbons (Fsp3) is 0.533. The Kier molecular flexibility index (Phi) is 5.19. The van der Waals surface area contributed by atoms with Crippen molar-refractivity contribution in [1.29, 1.82) is 5.26 Å². The molecule has 1 N–H and O–H groups in total. The van der Waals surface area contributed by atoms with Gasteiger partial charge in [0.15, 0.2) is 0 Å². The van der Waals surface area contributed by atoms with Crippen LogP contribution in [0.2, 0.25) is 0 Å². The molecule has 1 aromatic carbocycles. The maximum atomic E-state index is 11.9. The van der Waals surface area contributed by atoms with Crippen LogP contribution in [0.5, 0.6) is 0 Å². The first-order valence-electron chi connectivity index (χ1n) is 7.11. The van der Waals surface area contributed by atoms with Gasteiger partial charge in [0.2, 0.25) is 10.0 Å². The van der Waals surface area contributed by atoms with Crippen molar-refractivity contribution >= 4 is 10.0 Å². The smallest absolute Gasteiger partial charge is 0.214 e. The Bertz CT molecular complexity index is 650. The normalized spacial score (nSPS) is 22.9. The average molecular weight is 323 g/mol. The van der Waals surface area contributed by atoms with E-state index in [0.29, 0.717) is 25.2 Å². The number of rotatable bonds is 5. The highest BCUT2D eigenvalue weighted by molar-refractivity contribution is 7.89. The van der Waals surface area contributed by atoms with E-state index in [9.17, 15) is 13.5 Å². The van der Waals surface area contributed by atoms with Crippen molar-refractivity contribution in [3.63, 3.8) is 0 Å². The Morgan fingerprint density at radius 1 is 1.32 bits per heavy atom. The van der Waals surface area contributed by atoms with Crippen LogP contribution < -0.4 is 0 Å². The third-order valence-electron chi connectivity index (χ3n) is 3.95. The molecule has 7 heteroatoms. The van der Waals surface area contributed by atoms with Crippen molar-refractivity contribution in [3.8, 4) is 6.07 Å². The Hall–Kier alpha value is -1.46. The zero-order valence-corrected chi connectivity index (χ0v) is 13.6. The molecule has 1 aromatic rings. The van der Waals surface area contributed by atoms with Crippen molar-refractivity contribution in [1.82, 2.24) is 9.21 Å². The maximum Gasteiger partial charge on any atom is 0.214 e. The monoisotopic (exact) mass is 323 g/mol. The van der Waals surface area contributed by atoms with Crippen LogP contribution in [0.1, 0.15) is 11.1 Å². The number of benzene rings is 1. The largest absolute Gasteiger partial charge is 0.391 e. The van der Waals surface area contributed by atoms with Crippen molar-refractivity contribution in [2.75, 3.05) is 32.9 Å². The fourth-order valence-electron chi connectivity index (χ4n) is 2.60. The Morgan fingerprint density at radius 2 is 1.95 bits per heavy atom. The first kappa shape index (κ1) is 16.9. The number of hydrogen-bond donors (Lipinski definition) is 1. The number of nitriles is 1. The predicted octanol–water partition coefficient (Wildman–Crippen LogP) is 0.242. The molecular formula is C15H21N3O3S. The molecule has 1 aliphatic heterocycles. The number of aliphatic hydroxyl groups excluding tert-OH is 1. The summed E-state index contributed by atoms with van der Waals surface area (Å²) in [6.07, 6.45) is -0.631. The molecule has 120 valence electrons. The molecule has 0 unspecified atom stereocenters. The Balaban J connectivity index is 1.97. The van der Waals surface area contributed by atoms with Crippen LogP contribution in [0, 0.1) is 17.2 Å². The summed E-state index contributed by atoms with van der Waals surface area (Å²) >= 11 is 0. The summed E-state index contributed by atoms with van der Waals surface area (Å²) < 4.78 is 25.1. The van der Waals surface area contributed by atoms with Gasteiger partial charge < -0.3 is 5.11 Å². The molecule has 2 atom stereocenters. The summed E-state index contributed by atoms with van der Waals surface area (Å²) in [7, 11) is -0.299. The number of sulfonamides is 1. The van der Waals surface area contributed by atoms with Crippen molar-refractivity contribution in [2.24, 2.45) is 5.92 Å². The number of likely N-dealkylation sites (tertiary alicyclic amines) is 1. The molecular weight excluding hydrogens is 302 g/mol. The van der Waals surface area contributed by atoms with E-state index in [2.05, 4.69) is 6.07 Å². The minimum atomic E-state index is -3.31. The van der Waals surface area contributed by atoms with Crippen LogP contribution in [0.4, 0.5) is 0 Å². The molecule has 22 heavy (non-hydrogen) atoms. The Morgan fingerprint density at radius 3 is 2.50 bits per heavy atom. The zero-order chi connectivity index (χ0) is 16.3. The van der Waals surface area contributed by atoms with E-state index in [0.717, 1.165) is 5.56 Å². The van der Waals surface area contributed by atoms with E-state index < -0.39 is 16.1 Å². The standard InChI is InChI=1S/C15H21N3O3S/c1-17(2)22(20,21)11-14-9-18(10-15(14)19)8-13-5-3-12(7-16)4-6-13/h3-6,14-15,19H,8-11H2,1-2H3/t14-,15+/m0/s1. The summed E-state index contributed by atoms with van der Waals surface area (Å²) in [5, 5.41) is 18.9. The third-order valence-corrected chi connectivity index (χ3v) is 5.91. The molecule has 2 rings (SSSR count). The van der Waals surface area contributed by atoms with Gasteiger partial charge >= 0.3 is 0 Å². The van der Waals surface area contributed by atoms with E-state index in [1.165, 1.54) is 18.4 Å². The molecule has 0 saturated carbocycles. The topological polar surface area (TPSA) is 84.6 Å². The third kappa shape index (κ3) is 4.05. The summed E-state index contributed by atoms with van der Waals surface area (Å²) in [5.41, 5.74) is 1.66. The number of nitrogens with zero attached hydrogens (tertiary/aromatic N) is 3. The average Bonchev–Trinajstić information content (AvgIpc) is 2.78. The van der Waals surface area contributed by atoms with Gasteiger partial charge in [0.05, 0.1) is 23.5 Å². The second-order valence-corrected chi connectivity index (χ2v) is 8.12. The van der Waals surface area contributed by atoms with Gasteiger partial charge in [-0.05, 0) is 17.7 Å². The van der Waals surface area contributed by atoms with Gasteiger partial charge in [-0.3, -0.25) is 4.90 Å². The SMILES string of the molecule is CN(C)S(=O)(=O)C[C@@H]1CN(Cc2ccc(C#N)cc2)C[C@H]1O. The van der Waals surface area contributed by atoms with Gasteiger partial charge in [-0.1, -0.05) is 12.1 Å². The van der Waals surface area contributed by atoms with Crippen molar-refractivity contribution in [3.05, 3.63) is 35.4 Å². The van der Waals surface area contributed by atoms with E-state index in [1.54, 1.807) is 12.1 Å². The lowest BCUT2D eigenvalue weighted by molar-refractivity contribution is 0.148. The van der Waals surface area contributed by atoms with Gasteiger partial charge in [0.1, 0.15) is 0 Å². The van der Waals surface area contributed by atoms with Gasteiger partial charge in [0, 0.05) is 39.6 Å².